The van der Waals surface area contributed by atoms with Gasteiger partial charge in [0.2, 0.25) is 0 Å². The van der Waals surface area contributed by atoms with Crippen LogP contribution in [0.15, 0.2) is 37.2 Å². The van der Waals surface area contributed by atoms with Crippen LogP contribution in [0.25, 0.3) is 0 Å². The lowest BCUT2D eigenvalue weighted by molar-refractivity contribution is -0.138. The molecule has 0 spiro atoms. The second kappa shape index (κ2) is 6.50. The van der Waals surface area contributed by atoms with Gasteiger partial charge in [0.05, 0.1) is 5.56 Å². The van der Waals surface area contributed by atoms with Gasteiger partial charge in [0.15, 0.2) is 0 Å². The molecule has 0 aliphatic rings. The van der Waals surface area contributed by atoms with E-state index in [1.807, 2.05) is 0 Å². The molecule has 0 atom stereocenters. The van der Waals surface area contributed by atoms with Gasteiger partial charge in [0.25, 0.3) is 0 Å². The highest BCUT2D eigenvalue weighted by Gasteiger charge is 2.11. The number of carbonyl (C=O) groups excluding carboxylic acids is 2. The Labute approximate surface area is 94.0 Å². The van der Waals surface area contributed by atoms with Gasteiger partial charge in [-0.1, -0.05) is 6.08 Å². The second-order valence-electron chi connectivity index (χ2n) is 3.18. The first-order chi connectivity index (χ1) is 7.74. The summed E-state index contributed by atoms with van der Waals surface area (Å²) in [7, 11) is 0. The molecule has 0 bridgehead atoms. The molecule has 0 saturated carbocycles. The van der Waals surface area contributed by atoms with Crippen LogP contribution in [-0.2, 0) is 9.53 Å². The molecule has 1 aromatic heterocycles. The third-order valence-corrected chi connectivity index (χ3v) is 1.89. The standard InChI is InChI=1S/C12H13NO3/c1-2-3-4-7-11(14)16-12(15)10-6-5-8-13-9-10/h2,5-6,8-9H,1,3-4,7H2. The summed E-state index contributed by atoms with van der Waals surface area (Å²) in [6.45, 7) is 3.54. The fourth-order valence-corrected chi connectivity index (χ4v) is 1.09. The van der Waals surface area contributed by atoms with Crippen molar-refractivity contribution in [3.05, 3.63) is 42.7 Å². The van der Waals surface area contributed by atoms with Crippen LogP contribution < -0.4 is 0 Å². The molecule has 4 nitrogen and oxygen atoms in total. The Morgan fingerprint density at radius 3 is 2.94 bits per heavy atom. The van der Waals surface area contributed by atoms with E-state index in [0.29, 0.717) is 6.42 Å². The molecule has 1 aromatic rings. The summed E-state index contributed by atoms with van der Waals surface area (Å²) >= 11 is 0. The van der Waals surface area contributed by atoms with Crippen molar-refractivity contribution in [1.82, 2.24) is 4.98 Å². The number of carbonyl (C=O) groups is 2. The summed E-state index contributed by atoms with van der Waals surface area (Å²) in [4.78, 5) is 26.4. The lowest BCUT2D eigenvalue weighted by atomic mass is 10.2. The van der Waals surface area contributed by atoms with Crippen molar-refractivity contribution in [3.8, 4) is 0 Å². The molecule has 0 aromatic carbocycles. The normalized spacial score (nSPS) is 9.50. The van der Waals surface area contributed by atoms with Crippen LogP contribution in [0.2, 0.25) is 0 Å². The summed E-state index contributed by atoms with van der Waals surface area (Å²) in [6, 6.07) is 3.16. The highest BCUT2D eigenvalue weighted by Crippen LogP contribution is 2.03. The van der Waals surface area contributed by atoms with E-state index in [9.17, 15) is 9.59 Å². The molecular formula is C12H13NO3. The van der Waals surface area contributed by atoms with Gasteiger partial charge < -0.3 is 4.74 Å². The first-order valence-electron chi connectivity index (χ1n) is 5.00. The summed E-state index contributed by atoms with van der Waals surface area (Å²) < 4.78 is 4.63. The molecule has 0 fully saturated rings. The summed E-state index contributed by atoms with van der Waals surface area (Å²) in [6.07, 6.45) is 6.22. The topological polar surface area (TPSA) is 56.3 Å². The molecule has 0 saturated heterocycles. The maximum atomic E-state index is 11.4. The number of rotatable bonds is 5. The number of unbranched alkanes of at least 4 members (excludes halogenated alkanes) is 1. The van der Waals surface area contributed by atoms with Crippen LogP contribution in [-0.4, -0.2) is 16.9 Å². The van der Waals surface area contributed by atoms with Gasteiger partial charge in [-0.3, -0.25) is 9.78 Å². The first-order valence-corrected chi connectivity index (χ1v) is 5.00. The number of hydrogen-bond donors (Lipinski definition) is 0. The minimum absolute atomic E-state index is 0.220. The van der Waals surface area contributed by atoms with Crippen molar-refractivity contribution >= 4 is 11.9 Å². The first kappa shape index (κ1) is 12.1. The predicted octanol–water partition coefficient (Wildman–Crippen LogP) is 2.12. The predicted molar refractivity (Wildman–Crippen MR) is 58.7 cm³/mol. The zero-order valence-corrected chi connectivity index (χ0v) is 8.89. The Morgan fingerprint density at radius 2 is 2.31 bits per heavy atom. The van der Waals surface area contributed by atoms with Gasteiger partial charge in [-0.25, -0.2) is 4.79 Å². The fourth-order valence-electron chi connectivity index (χ4n) is 1.09. The average Bonchev–Trinajstić information content (AvgIpc) is 2.30. The maximum absolute atomic E-state index is 11.4. The van der Waals surface area contributed by atoms with Crippen molar-refractivity contribution in [2.24, 2.45) is 0 Å². The number of esters is 2. The maximum Gasteiger partial charge on any atom is 0.347 e. The number of nitrogens with zero attached hydrogens (tertiary/aromatic N) is 1. The molecule has 1 heterocycles. The highest BCUT2D eigenvalue weighted by atomic mass is 16.6. The van der Waals surface area contributed by atoms with Gasteiger partial charge in [0.1, 0.15) is 0 Å². The van der Waals surface area contributed by atoms with Crippen molar-refractivity contribution in [1.29, 1.82) is 0 Å². The molecule has 0 radical (unpaired) electrons. The fraction of sp³-hybridized carbons (Fsp3) is 0.250. The summed E-state index contributed by atoms with van der Waals surface area (Å²) in [5, 5.41) is 0. The quantitative estimate of drug-likeness (QED) is 0.329. The molecule has 0 aliphatic carbocycles. The molecule has 84 valence electrons. The van der Waals surface area contributed by atoms with E-state index in [1.54, 1.807) is 24.4 Å². The minimum atomic E-state index is -0.656. The summed E-state index contributed by atoms with van der Waals surface area (Å²) in [5.41, 5.74) is 0.277. The largest absolute Gasteiger partial charge is 0.389 e. The Balaban J connectivity index is 2.40. The van der Waals surface area contributed by atoms with E-state index in [0.717, 1.165) is 6.42 Å². The van der Waals surface area contributed by atoms with E-state index in [4.69, 9.17) is 0 Å². The smallest absolute Gasteiger partial charge is 0.347 e. The van der Waals surface area contributed by atoms with Crippen LogP contribution in [0.5, 0.6) is 0 Å². The molecule has 0 aliphatic heterocycles. The third kappa shape index (κ3) is 4.04. The van der Waals surface area contributed by atoms with Crippen molar-refractivity contribution in [2.45, 2.75) is 19.3 Å². The van der Waals surface area contributed by atoms with E-state index < -0.39 is 11.9 Å². The van der Waals surface area contributed by atoms with Crippen molar-refractivity contribution in [2.75, 3.05) is 0 Å². The van der Waals surface area contributed by atoms with E-state index >= 15 is 0 Å². The molecule has 16 heavy (non-hydrogen) atoms. The summed E-state index contributed by atoms with van der Waals surface area (Å²) in [5.74, 6) is -1.17. The van der Waals surface area contributed by atoms with E-state index in [2.05, 4.69) is 16.3 Å². The lowest BCUT2D eigenvalue weighted by Crippen LogP contribution is -2.12. The van der Waals surface area contributed by atoms with Gasteiger partial charge in [0, 0.05) is 18.8 Å². The van der Waals surface area contributed by atoms with E-state index in [1.165, 1.54) is 6.20 Å². The molecule has 0 N–H and O–H groups in total. The van der Waals surface area contributed by atoms with Gasteiger partial charge in [-0.2, -0.15) is 0 Å². The van der Waals surface area contributed by atoms with Crippen LogP contribution in [0.4, 0.5) is 0 Å². The second-order valence-corrected chi connectivity index (χ2v) is 3.18. The van der Waals surface area contributed by atoms with Gasteiger partial charge in [-0.15, -0.1) is 6.58 Å². The molecular weight excluding hydrogens is 206 g/mol. The van der Waals surface area contributed by atoms with Gasteiger partial charge >= 0.3 is 11.9 Å². The van der Waals surface area contributed by atoms with Crippen LogP contribution >= 0.6 is 0 Å². The van der Waals surface area contributed by atoms with Crippen molar-refractivity contribution in [3.63, 3.8) is 0 Å². The number of ether oxygens (including phenoxy) is 1. The number of hydrogen-bond acceptors (Lipinski definition) is 4. The lowest BCUT2D eigenvalue weighted by Gasteiger charge is -2.01. The Bertz CT molecular complexity index is 373. The zero-order valence-electron chi connectivity index (χ0n) is 8.89. The third-order valence-electron chi connectivity index (χ3n) is 1.89. The Hall–Kier alpha value is -1.97. The minimum Gasteiger partial charge on any atom is -0.389 e. The zero-order chi connectivity index (χ0) is 11.8. The number of allylic oxidation sites excluding steroid dienone is 1. The van der Waals surface area contributed by atoms with Crippen molar-refractivity contribution < 1.29 is 14.3 Å². The molecule has 1 rings (SSSR count). The SMILES string of the molecule is C=CCCCC(=O)OC(=O)c1cccnc1. The molecule has 0 amide bonds. The van der Waals surface area contributed by atoms with E-state index in [-0.39, 0.29) is 12.0 Å². The monoisotopic (exact) mass is 219 g/mol. The van der Waals surface area contributed by atoms with Gasteiger partial charge in [-0.05, 0) is 25.0 Å². The van der Waals surface area contributed by atoms with Crippen LogP contribution in [0.1, 0.15) is 29.6 Å². The number of aromatic nitrogens is 1. The Morgan fingerprint density at radius 1 is 1.50 bits per heavy atom. The Kier molecular flexibility index (Phi) is 4.92. The average molecular weight is 219 g/mol. The van der Waals surface area contributed by atoms with Crippen LogP contribution in [0, 0.1) is 0 Å². The van der Waals surface area contributed by atoms with Crippen LogP contribution in [0.3, 0.4) is 0 Å². The highest BCUT2D eigenvalue weighted by molar-refractivity contribution is 5.96. The molecule has 4 heteroatoms. The number of pyridine rings is 1. The molecule has 0 unspecified atom stereocenters.